The van der Waals surface area contributed by atoms with Crippen LogP contribution >= 0.6 is 0 Å². The number of anilines is 1. The number of nitrogens with zero attached hydrogens (tertiary/aromatic N) is 6. The first-order chi connectivity index (χ1) is 15.5. The maximum atomic E-state index is 13.0. The molecule has 0 spiro atoms. The Hall–Kier alpha value is -4.01. The van der Waals surface area contributed by atoms with E-state index in [0.29, 0.717) is 37.7 Å². The van der Waals surface area contributed by atoms with Crippen LogP contribution in [0, 0.1) is 13.8 Å². The highest BCUT2D eigenvalue weighted by Gasteiger charge is 2.25. The largest absolute Gasteiger partial charge is 0.353 e. The second-order valence-electron chi connectivity index (χ2n) is 7.99. The molecule has 1 saturated heterocycles. The fourth-order valence-electron chi connectivity index (χ4n) is 4.07. The molecule has 0 saturated carbocycles. The van der Waals surface area contributed by atoms with Crippen LogP contribution in [0.15, 0.2) is 53.6 Å². The van der Waals surface area contributed by atoms with Crippen molar-refractivity contribution >= 4 is 17.5 Å². The number of hydrogen-bond donors (Lipinski definition) is 1. The van der Waals surface area contributed by atoms with Gasteiger partial charge in [0.1, 0.15) is 17.7 Å². The van der Waals surface area contributed by atoms with Crippen LogP contribution in [0.5, 0.6) is 0 Å². The Morgan fingerprint density at radius 1 is 1.03 bits per heavy atom. The first-order valence-corrected chi connectivity index (χ1v) is 10.5. The van der Waals surface area contributed by atoms with Crippen LogP contribution in [0.3, 0.4) is 0 Å². The van der Waals surface area contributed by atoms with E-state index in [-0.39, 0.29) is 17.0 Å². The van der Waals surface area contributed by atoms with Crippen molar-refractivity contribution in [1.82, 2.24) is 29.5 Å². The molecule has 0 bridgehead atoms. The molecule has 0 aliphatic carbocycles. The van der Waals surface area contributed by atoms with Gasteiger partial charge in [-0.1, -0.05) is 23.8 Å². The van der Waals surface area contributed by atoms with Crippen LogP contribution in [-0.2, 0) is 0 Å². The zero-order chi connectivity index (χ0) is 22.2. The third kappa shape index (κ3) is 3.62. The molecule has 4 aromatic rings. The molecular weight excluding hydrogens is 406 g/mol. The van der Waals surface area contributed by atoms with Crippen molar-refractivity contribution < 1.29 is 4.79 Å². The van der Waals surface area contributed by atoms with E-state index in [1.807, 2.05) is 44.2 Å². The number of aromatic amines is 1. The Morgan fingerprint density at radius 2 is 1.84 bits per heavy atom. The first kappa shape index (κ1) is 19.9. The van der Waals surface area contributed by atoms with Crippen LogP contribution in [0.2, 0.25) is 0 Å². The van der Waals surface area contributed by atoms with Gasteiger partial charge in [0.15, 0.2) is 0 Å². The number of fused-ring (bicyclic) bond motifs is 1. The quantitative estimate of drug-likeness (QED) is 0.535. The van der Waals surface area contributed by atoms with Gasteiger partial charge in [0, 0.05) is 43.6 Å². The van der Waals surface area contributed by atoms with Gasteiger partial charge in [-0.3, -0.25) is 9.59 Å². The Labute approximate surface area is 184 Å². The fourth-order valence-corrected chi connectivity index (χ4v) is 4.07. The van der Waals surface area contributed by atoms with Gasteiger partial charge >= 0.3 is 0 Å². The summed E-state index contributed by atoms with van der Waals surface area (Å²) in [6.07, 6.45) is 1.48. The van der Waals surface area contributed by atoms with Crippen molar-refractivity contribution in [3.05, 3.63) is 76.0 Å². The normalized spacial score (nSPS) is 14.2. The third-order valence-electron chi connectivity index (χ3n) is 5.72. The fraction of sp³-hybridized carbons (Fsp3) is 0.261. The average Bonchev–Trinajstić information content (AvgIpc) is 3.26. The van der Waals surface area contributed by atoms with Crippen LogP contribution < -0.4 is 10.5 Å². The first-order valence-electron chi connectivity index (χ1n) is 10.5. The summed E-state index contributed by atoms with van der Waals surface area (Å²) >= 11 is 0. The molecule has 0 atom stereocenters. The van der Waals surface area contributed by atoms with E-state index in [9.17, 15) is 9.59 Å². The number of nitrogens with one attached hydrogen (secondary N) is 1. The van der Waals surface area contributed by atoms with E-state index in [0.717, 1.165) is 22.6 Å². The number of hydrogen-bond acceptors (Lipinski definition) is 6. The summed E-state index contributed by atoms with van der Waals surface area (Å²) in [5.41, 5.74) is 3.37. The minimum Gasteiger partial charge on any atom is -0.353 e. The number of rotatable bonds is 3. The van der Waals surface area contributed by atoms with Gasteiger partial charge in [0.25, 0.3) is 17.2 Å². The molecule has 9 nitrogen and oxygen atoms in total. The van der Waals surface area contributed by atoms with E-state index in [4.69, 9.17) is 0 Å². The molecule has 1 aliphatic heterocycles. The predicted octanol–water partition coefficient (Wildman–Crippen LogP) is 2.06. The summed E-state index contributed by atoms with van der Waals surface area (Å²) in [7, 11) is 0. The van der Waals surface area contributed by atoms with Crippen molar-refractivity contribution in [2.45, 2.75) is 13.8 Å². The molecule has 0 radical (unpaired) electrons. The summed E-state index contributed by atoms with van der Waals surface area (Å²) in [5.74, 6) is 1.20. The van der Waals surface area contributed by atoms with Crippen molar-refractivity contribution in [1.29, 1.82) is 0 Å². The van der Waals surface area contributed by atoms with Crippen LogP contribution in [0.4, 0.5) is 5.82 Å². The van der Waals surface area contributed by atoms with Gasteiger partial charge in [-0.2, -0.15) is 14.6 Å². The number of carbonyl (C=O) groups excluding carboxylic acids is 1. The van der Waals surface area contributed by atoms with Gasteiger partial charge in [-0.25, -0.2) is 4.98 Å². The molecule has 162 valence electrons. The number of H-pyrrole nitrogens is 1. The topological polar surface area (TPSA) is 99.5 Å². The second-order valence-corrected chi connectivity index (χ2v) is 7.99. The number of benzene rings is 1. The van der Waals surface area contributed by atoms with Crippen molar-refractivity contribution in [2.75, 3.05) is 31.1 Å². The van der Waals surface area contributed by atoms with Gasteiger partial charge in [-0.05, 0) is 37.6 Å². The van der Waals surface area contributed by atoms with E-state index >= 15 is 0 Å². The lowest BCUT2D eigenvalue weighted by atomic mass is 10.1. The SMILES string of the molecule is Cc1cccc(-c2ccc(C(=O)N3CCN(c4cc(C)nc5ncnn45)CC3)c(=O)[nH]2)c1. The van der Waals surface area contributed by atoms with Crippen LogP contribution in [0.1, 0.15) is 21.6 Å². The zero-order valence-corrected chi connectivity index (χ0v) is 17.9. The van der Waals surface area contributed by atoms with Crippen molar-refractivity contribution in [3.8, 4) is 11.3 Å². The average molecular weight is 429 g/mol. The molecule has 1 amide bonds. The summed E-state index contributed by atoms with van der Waals surface area (Å²) in [6.45, 7) is 6.20. The number of amides is 1. The van der Waals surface area contributed by atoms with Crippen LogP contribution in [0.25, 0.3) is 17.0 Å². The summed E-state index contributed by atoms with van der Waals surface area (Å²) < 4.78 is 1.71. The number of aryl methyl sites for hydroxylation is 2. The van der Waals surface area contributed by atoms with Crippen molar-refractivity contribution in [2.24, 2.45) is 0 Å². The highest BCUT2D eigenvalue weighted by molar-refractivity contribution is 5.94. The summed E-state index contributed by atoms with van der Waals surface area (Å²) in [5, 5.41) is 4.26. The van der Waals surface area contributed by atoms with E-state index in [1.54, 1.807) is 21.5 Å². The lowest BCUT2D eigenvalue weighted by Crippen LogP contribution is -2.50. The van der Waals surface area contributed by atoms with Crippen molar-refractivity contribution in [3.63, 3.8) is 0 Å². The Morgan fingerprint density at radius 3 is 2.59 bits per heavy atom. The highest BCUT2D eigenvalue weighted by Crippen LogP contribution is 2.20. The van der Waals surface area contributed by atoms with Gasteiger partial charge < -0.3 is 14.8 Å². The van der Waals surface area contributed by atoms with Gasteiger partial charge in [0.05, 0.1) is 0 Å². The third-order valence-corrected chi connectivity index (χ3v) is 5.72. The number of piperazine rings is 1. The van der Waals surface area contributed by atoms with E-state index < -0.39 is 0 Å². The smallest absolute Gasteiger partial charge is 0.261 e. The predicted molar refractivity (Wildman–Crippen MR) is 121 cm³/mol. The van der Waals surface area contributed by atoms with E-state index in [2.05, 4.69) is 25.0 Å². The maximum absolute atomic E-state index is 13.0. The number of aromatic nitrogens is 5. The van der Waals surface area contributed by atoms with Gasteiger partial charge in [-0.15, -0.1) is 0 Å². The molecule has 32 heavy (non-hydrogen) atoms. The standard InChI is InChI=1S/C23H23N7O2/c1-15-4-3-5-17(12-15)19-7-6-18(21(31)27-19)22(32)29-10-8-28(9-11-29)20-13-16(2)26-23-24-14-25-30(20)23/h3-7,12-14H,8-11H2,1-2H3,(H,27,31). The van der Waals surface area contributed by atoms with E-state index in [1.165, 1.54) is 6.33 Å². The Bertz CT molecular complexity index is 1370. The minimum atomic E-state index is -0.370. The second kappa shape index (κ2) is 7.92. The summed E-state index contributed by atoms with van der Waals surface area (Å²) in [6, 6.07) is 13.3. The Kier molecular flexibility index (Phi) is 4.93. The molecule has 1 fully saturated rings. The molecular formula is C23H23N7O2. The summed E-state index contributed by atoms with van der Waals surface area (Å²) in [4.78, 5) is 41.0. The highest BCUT2D eigenvalue weighted by atomic mass is 16.2. The number of carbonyl (C=O) groups is 1. The molecule has 5 rings (SSSR count). The molecule has 4 heterocycles. The lowest BCUT2D eigenvalue weighted by molar-refractivity contribution is 0.0744. The van der Waals surface area contributed by atoms with Gasteiger partial charge in [0.2, 0.25) is 0 Å². The molecule has 1 aliphatic rings. The lowest BCUT2D eigenvalue weighted by Gasteiger charge is -2.35. The molecule has 1 aromatic carbocycles. The monoisotopic (exact) mass is 429 g/mol. The zero-order valence-electron chi connectivity index (χ0n) is 17.9. The number of pyridine rings is 1. The van der Waals surface area contributed by atoms with Crippen LogP contribution in [-0.4, -0.2) is 61.6 Å². The molecule has 0 unspecified atom stereocenters. The molecule has 9 heteroatoms. The Balaban J connectivity index is 1.32. The maximum Gasteiger partial charge on any atom is 0.261 e. The minimum absolute atomic E-state index is 0.160. The molecule has 3 aromatic heterocycles. The molecule has 1 N–H and O–H groups in total.